The van der Waals surface area contributed by atoms with E-state index in [2.05, 4.69) is 186 Å². The number of fused-ring (bicyclic) bond motifs is 9. The highest BCUT2D eigenvalue weighted by Crippen LogP contribution is 2.49. The quantitative estimate of drug-likeness (QED) is 0.180. The van der Waals surface area contributed by atoms with Crippen LogP contribution in [0.5, 0.6) is 0 Å². The molecule has 0 spiro atoms. The Kier molecular flexibility index (Phi) is 6.68. The lowest BCUT2D eigenvalue weighted by Crippen LogP contribution is -2.37. The van der Waals surface area contributed by atoms with Crippen molar-refractivity contribution in [1.29, 1.82) is 0 Å². The van der Waals surface area contributed by atoms with Crippen molar-refractivity contribution in [2.75, 3.05) is 9.80 Å². The van der Waals surface area contributed by atoms with Crippen molar-refractivity contribution in [3.63, 3.8) is 0 Å². The van der Waals surface area contributed by atoms with Gasteiger partial charge < -0.3 is 14.2 Å². The lowest BCUT2D eigenvalue weighted by Gasteiger charge is -2.38. The second kappa shape index (κ2) is 11.7. The van der Waals surface area contributed by atoms with Crippen molar-refractivity contribution in [3.8, 4) is 0 Å². The van der Waals surface area contributed by atoms with E-state index in [4.69, 9.17) is 4.42 Å². The van der Waals surface area contributed by atoms with Crippen LogP contribution in [-0.2, 0) is 0 Å². The normalized spacial score (nSPS) is 19.3. The Balaban J connectivity index is 1.05. The molecule has 0 amide bonds. The van der Waals surface area contributed by atoms with E-state index in [-0.39, 0.29) is 18.0 Å². The minimum Gasteiger partial charge on any atom is -0.454 e. The standard InChI is InChI=1S/C48H34N2OS/c1-2-13-33(14-3-1)50-42-20-7-4-16-36(42)37-26-25-35(30-44(37)50)49(43-21-11-19-40-38-17-5-8-22-45(38)51-48(40)43)34-15-10-12-31(28-34)32-24-27-47-41(29-32)39-18-6-9-23-46(39)52-47/h1-27,29-30,34,37,44H,28H2. The summed E-state index contributed by atoms with van der Waals surface area (Å²) in [4.78, 5) is 5.05. The number of furan rings is 1. The van der Waals surface area contributed by atoms with Crippen molar-refractivity contribution in [2.24, 2.45) is 0 Å². The van der Waals surface area contributed by atoms with E-state index in [1.54, 1.807) is 0 Å². The average Bonchev–Trinajstić information content (AvgIpc) is 3.88. The zero-order valence-electron chi connectivity index (χ0n) is 28.4. The van der Waals surface area contributed by atoms with Gasteiger partial charge in [0.15, 0.2) is 5.58 Å². The number of allylic oxidation sites excluding steroid dienone is 3. The molecule has 3 nitrogen and oxygen atoms in total. The van der Waals surface area contributed by atoms with Crippen LogP contribution >= 0.6 is 11.3 Å². The Morgan fingerprint density at radius 3 is 2.40 bits per heavy atom. The van der Waals surface area contributed by atoms with Crippen LogP contribution in [0, 0.1) is 0 Å². The fraction of sp³-hybridized carbons (Fsp3) is 0.0833. The van der Waals surface area contributed by atoms with Crippen molar-refractivity contribution in [3.05, 3.63) is 193 Å². The topological polar surface area (TPSA) is 19.6 Å². The number of para-hydroxylation sites is 4. The Morgan fingerprint density at radius 2 is 1.46 bits per heavy atom. The molecule has 3 aliphatic rings. The van der Waals surface area contributed by atoms with E-state index in [9.17, 15) is 0 Å². The highest BCUT2D eigenvalue weighted by molar-refractivity contribution is 7.25. The fourth-order valence-corrected chi connectivity index (χ4v) is 9.88. The zero-order valence-corrected chi connectivity index (χ0v) is 29.2. The summed E-state index contributed by atoms with van der Waals surface area (Å²) in [6.45, 7) is 0. The third-order valence-electron chi connectivity index (χ3n) is 11.1. The van der Waals surface area contributed by atoms with Gasteiger partial charge in [-0.2, -0.15) is 0 Å². The second-order valence-corrected chi connectivity index (χ2v) is 15.1. The molecule has 0 saturated heterocycles. The van der Waals surface area contributed by atoms with Crippen LogP contribution in [0.25, 0.3) is 47.7 Å². The molecular weight excluding hydrogens is 653 g/mol. The first-order valence-electron chi connectivity index (χ1n) is 18.1. The van der Waals surface area contributed by atoms with Gasteiger partial charge in [-0.15, -0.1) is 11.3 Å². The molecule has 0 bridgehead atoms. The van der Waals surface area contributed by atoms with Gasteiger partial charge in [0.2, 0.25) is 0 Å². The fourth-order valence-electron chi connectivity index (χ4n) is 8.79. The summed E-state index contributed by atoms with van der Waals surface area (Å²) in [7, 11) is 0. The first kappa shape index (κ1) is 29.6. The number of thiophene rings is 1. The van der Waals surface area contributed by atoms with E-state index in [1.807, 2.05) is 11.3 Å². The third kappa shape index (κ3) is 4.57. The predicted molar refractivity (Wildman–Crippen MR) is 220 cm³/mol. The van der Waals surface area contributed by atoms with Crippen molar-refractivity contribution in [1.82, 2.24) is 0 Å². The molecule has 3 heterocycles. The van der Waals surface area contributed by atoms with Crippen LogP contribution in [0.1, 0.15) is 23.5 Å². The first-order chi connectivity index (χ1) is 25.8. The Bertz CT molecular complexity index is 2820. The molecule has 2 aromatic heterocycles. The van der Waals surface area contributed by atoms with Crippen LogP contribution in [-0.4, -0.2) is 12.1 Å². The largest absolute Gasteiger partial charge is 0.454 e. The predicted octanol–water partition coefficient (Wildman–Crippen LogP) is 12.9. The molecule has 3 atom stereocenters. The number of hydrogen-bond acceptors (Lipinski definition) is 4. The molecule has 6 aromatic carbocycles. The van der Waals surface area contributed by atoms with Crippen LogP contribution in [0.2, 0.25) is 0 Å². The highest BCUT2D eigenvalue weighted by Gasteiger charge is 2.39. The monoisotopic (exact) mass is 686 g/mol. The highest BCUT2D eigenvalue weighted by atomic mass is 32.1. The molecule has 1 aliphatic heterocycles. The Hall–Kier alpha value is -6.10. The molecular formula is C48H34N2OS. The molecule has 0 N–H and O–H groups in total. The zero-order chi connectivity index (χ0) is 34.2. The van der Waals surface area contributed by atoms with Gasteiger partial charge in [0, 0.05) is 53.9 Å². The van der Waals surface area contributed by atoms with Crippen LogP contribution < -0.4 is 9.80 Å². The lowest BCUT2D eigenvalue weighted by molar-refractivity contribution is 0.661. The van der Waals surface area contributed by atoms with E-state index in [0.29, 0.717) is 0 Å². The molecule has 0 fully saturated rings. The Labute approximate surface area is 306 Å². The van der Waals surface area contributed by atoms with Gasteiger partial charge in [-0.25, -0.2) is 0 Å². The van der Waals surface area contributed by atoms with E-state index < -0.39 is 0 Å². The maximum Gasteiger partial charge on any atom is 0.159 e. The van der Waals surface area contributed by atoms with Gasteiger partial charge in [0.1, 0.15) is 5.58 Å². The third-order valence-corrected chi connectivity index (χ3v) is 12.3. The summed E-state index contributed by atoms with van der Waals surface area (Å²) in [5, 5.41) is 4.95. The van der Waals surface area contributed by atoms with E-state index in [0.717, 1.165) is 34.0 Å². The summed E-state index contributed by atoms with van der Waals surface area (Å²) in [6, 6.07) is 50.7. The van der Waals surface area contributed by atoms with Gasteiger partial charge >= 0.3 is 0 Å². The molecule has 4 heteroatoms. The smallest absolute Gasteiger partial charge is 0.159 e. The van der Waals surface area contributed by atoms with Crippen molar-refractivity contribution in [2.45, 2.75) is 24.4 Å². The average molecular weight is 687 g/mol. The van der Waals surface area contributed by atoms with Gasteiger partial charge in [-0.1, -0.05) is 115 Å². The molecule has 2 aliphatic carbocycles. The van der Waals surface area contributed by atoms with Crippen LogP contribution in [0.4, 0.5) is 17.1 Å². The number of hydrogen-bond donors (Lipinski definition) is 0. The van der Waals surface area contributed by atoms with Gasteiger partial charge in [-0.3, -0.25) is 0 Å². The van der Waals surface area contributed by atoms with Gasteiger partial charge in [-0.05, 0) is 83.8 Å². The molecule has 52 heavy (non-hydrogen) atoms. The number of rotatable bonds is 5. The van der Waals surface area contributed by atoms with Crippen LogP contribution in [0.3, 0.4) is 0 Å². The summed E-state index contributed by atoms with van der Waals surface area (Å²) in [6.07, 6.45) is 15.1. The van der Waals surface area contributed by atoms with Gasteiger partial charge in [0.05, 0.1) is 17.8 Å². The van der Waals surface area contributed by atoms with Crippen molar-refractivity contribution < 1.29 is 4.42 Å². The summed E-state index contributed by atoms with van der Waals surface area (Å²) >= 11 is 1.87. The maximum absolute atomic E-state index is 6.72. The van der Waals surface area contributed by atoms with E-state index in [1.165, 1.54) is 53.9 Å². The second-order valence-electron chi connectivity index (χ2n) is 14.0. The SMILES string of the molecule is C1=CC(N(C2=CC3C(C=C2)c2ccccc2N3c2ccccc2)c2cccc3c2oc2ccccc23)CC(c2ccc3sc4ccccc4c3c2)=C1. The molecule has 3 unspecified atom stereocenters. The number of benzene rings is 6. The molecule has 248 valence electrons. The maximum atomic E-state index is 6.72. The minimum absolute atomic E-state index is 0.0649. The van der Waals surface area contributed by atoms with Gasteiger partial charge in [0.25, 0.3) is 0 Å². The Morgan fingerprint density at radius 1 is 0.673 bits per heavy atom. The lowest BCUT2D eigenvalue weighted by atomic mass is 9.88. The molecule has 8 aromatic rings. The molecule has 0 radical (unpaired) electrons. The van der Waals surface area contributed by atoms with Crippen molar-refractivity contribution >= 4 is 76.1 Å². The first-order valence-corrected chi connectivity index (χ1v) is 18.9. The van der Waals surface area contributed by atoms with Crippen LogP contribution in [0.15, 0.2) is 186 Å². The summed E-state index contributed by atoms with van der Waals surface area (Å²) < 4.78 is 9.39. The number of anilines is 3. The summed E-state index contributed by atoms with van der Waals surface area (Å²) in [5.41, 5.74) is 10.6. The number of nitrogens with zero attached hydrogens (tertiary/aromatic N) is 2. The molecule has 0 saturated carbocycles. The summed E-state index contributed by atoms with van der Waals surface area (Å²) in [5.74, 6) is 0.258. The minimum atomic E-state index is 0.0649. The van der Waals surface area contributed by atoms with E-state index >= 15 is 0 Å². The molecule has 11 rings (SSSR count).